The Bertz CT molecular complexity index is 448. The van der Waals surface area contributed by atoms with Crippen molar-refractivity contribution in [2.45, 2.75) is 18.9 Å². The molecule has 1 aromatic carbocycles. The number of likely N-dealkylation sites (tertiary alicyclic amines) is 1. The summed E-state index contributed by atoms with van der Waals surface area (Å²) in [6.45, 7) is 1.05. The van der Waals surface area contributed by atoms with Crippen LogP contribution in [0, 0.1) is 0 Å². The first-order valence-corrected chi connectivity index (χ1v) is 6.02. The number of ether oxygens (including phenoxy) is 1. The SMILES string of the molecule is COc1ccc(C(=O)N2CCCC(O)C2)c(N)c1. The molecular formula is C13H18N2O3. The van der Waals surface area contributed by atoms with E-state index in [1.54, 1.807) is 30.2 Å². The van der Waals surface area contributed by atoms with Crippen molar-refractivity contribution in [1.82, 2.24) is 4.90 Å². The molecule has 0 saturated carbocycles. The smallest absolute Gasteiger partial charge is 0.256 e. The van der Waals surface area contributed by atoms with Gasteiger partial charge in [0.25, 0.3) is 5.91 Å². The predicted molar refractivity (Wildman–Crippen MR) is 68.6 cm³/mol. The number of β-amino-alcohol motifs (C(OH)–C–C–N with tert-alkyl or cyclic N) is 1. The molecule has 1 aliphatic rings. The van der Waals surface area contributed by atoms with Crippen LogP contribution in [0.5, 0.6) is 5.75 Å². The van der Waals surface area contributed by atoms with Gasteiger partial charge in [0.2, 0.25) is 0 Å². The van der Waals surface area contributed by atoms with Crippen molar-refractivity contribution >= 4 is 11.6 Å². The van der Waals surface area contributed by atoms with E-state index in [1.807, 2.05) is 0 Å². The lowest BCUT2D eigenvalue weighted by Gasteiger charge is -2.30. The van der Waals surface area contributed by atoms with Crippen LogP contribution in [0.25, 0.3) is 0 Å². The van der Waals surface area contributed by atoms with Gasteiger partial charge in [-0.05, 0) is 25.0 Å². The topological polar surface area (TPSA) is 75.8 Å². The van der Waals surface area contributed by atoms with Crippen molar-refractivity contribution in [3.63, 3.8) is 0 Å². The highest BCUT2D eigenvalue weighted by molar-refractivity contribution is 5.99. The Morgan fingerprint density at radius 2 is 2.33 bits per heavy atom. The standard InChI is InChI=1S/C13H18N2O3/c1-18-10-4-5-11(12(14)7-10)13(17)15-6-2-3-9(16)8-15/h4-5,7,9,16H,2-3,6,8,14H2,1H3. The zero-order valence-corrected chi connectivity index (χ0v) is 10.4. The van der Waals surface area contributed by atoms with Gasteiger partial charge in [-0.1, -0.05) is 0 Å². The molecule has 1 saturated heterocycles. The Labute approximate surface area is 106 Å². The monoisotopic (exact) mass is 250 g/mol. The number of nitrogens with zero attached hydrogens (tertiary/aromatic N) is 1. The second kappa shape index (κ2) is 5.27. The first-order chi connectivity index (χ1) is 8.61. The third-order valence-electron chi connectivity index (χ3n) is 3.17. The van der Waals surface area contributed by atoms with Crippen molar-refractivity contribution in [1.29, 1.82) is 0 Å². The number of carbonyl (C=O) groups excluding carboxylic acids is 1. The molecule has 1 fully saturated rings. The van der Waals surface area contributed by atoms with Crippen LogP contribution in [0.3, 0.4) is 0 Å². The van der Waals surface area contributed by atoms with Crippen LogP contribution in [0.15, 0.2) is 18.2 Å². The van der Waals surface area contributed by atoms with Crippen molar-refractivity contribution in [3.05, 3.63) is 23.8 Å². The highest BCUT2D eigenvalue weighted by atomic mass is 16.5. The van der Waals surface area contributed by atoms with Gasteiger partial charge in [0.15, 0.2) is 0 Å². The number of hydrogen-bond donors (Lipinski definition) is 2. The number of hydrogen-bond acceptors (Lipinski definition) is 4. The van der Waals surface area contributed by atoms with E-state index < -0.39 is 6.10 Å². The molecule has 0 aliphatic carbocycles. The molecule has 1 heterocycles. The molecule has 0 spiro atoms. The highest BCUT2D eigenvalue weighted by Crippen LogP contribution is 2.22. The Morgan fingerprint density at radius 3 is 2.94 bits per heavy atom. The molecule has 1 aliphatic heterocycles. The molecule has 18 heavy (non-hydrogen) atoms. The van der Waals surface area contributed by atoms with Crippen LogP contribution in [-0.4, -0.2) is 42.2 Å². The third-order valence-corrected chi connectivity index (χ3v) is 3.17. The van der Waals surface area contributed by atoms with Gasteiger partial charge in [-0.15, -0.1) is 0 Å². The van der Waals surface area contributed by atoms with E-state index in [9.17, 15) is 9.90 Å². The number of amides is 1. The maximum absolute atomic E-state index is 12.3. The predicted octanol–water partition coefficient (Wildman–Crippen LogP) is 0.874. The summed E-state index contributed by atoms with van der Waals surface area (Å²) in [5.74, 6) is 0.497. The molecular weight excluding hydrogens is 232 g/mol. The summed E-state index contributed by atoms with van der Waals surface area (Å²) in [5, 5.41) is 9.58. The number of aliphatic hydroxyl groups excluding tert-OH is 1. The lowest BCUT2D eigenvalue weighted by molar-refractivity contribution is 0.0474. The lowest BCUT2D eigenvalue weighted by Crippen LogP contribution is -2.42. The number of carbonyl (C=O) groups is 1. The zero-order valence-electron chi connectivity index (χ0n) is 10.4. The average molecular weight is 250 g/mol. The van der Waals surface area contributed by atoms with Gasteiger partial charge < -0.3 is 20.5 Å². The number of benzene rings is 1. The average Bonchev–Trinajstić information content (AvgIpc) is 2.37. The number of anilines is 1. The van der Waals surface area contributed by atoms with Crippen molar-refractivity contribution in [2.24, 2.45) is 0 Å². The normalized spacial score (nSPS) is 19.7. The summed E-state index contributed by atoms with van der Waals surface area (Å²) in [6.07, 6.45) is 1.15. The summed E-state index contributed by atoms with van der Waals surface area (Å²) < 4.78 is 5.05. The van der Waals surface area contributed by atoms with Crippen molar-refractivity contribution in [2.75, 3.05) is 25.9 Å². The Balaban J connectivity index is 2.17. The van der Waals surface area contributed by atoms with Gasteiger partial charge in [-0.2, -0.15) is 0 Å². The minimum absolute atomic E-state index is 0.131. The zero-order chi connectivity index (χ0) is 13.1. The molecule has 1 atom stereocenters. The second-order valence-corrected chi connectivity index (χ2v) is 4.50. The summed E-state index contributed by atoms with van der Waals surface area (Å²) >= 11 is 0. The number of methoxy groups -OCH3 is 1. The van der Waals surface area contributed by atoms with E-state index in [-0.39, 0.29) is 5.91 Å². The van der Waals surface area contributed by atoms with Gasteiger partial charge in [0.1, 0.15) is 5.75 Å². The van der Waals surface area contributed by atoms with Crippen LogP contribution in [0.2, 0.25) is 0 Å². The molecule has 0 bridgehead atoms. The summed E-state index contributed by atoms with van der Waals surface area (Å²) in [4.78, 5) is 13.9. The van der Waals surface area contributed by atoms with E-state index in [0.717, 1.165) is 12.8 Å². The lowest BCUT2D eigenvalue weighted by atomic mass is 10.1. The molecule has 5 heteroatoms. The largest absolute Gasteiger partial charge is 0.497 e. The van der Waals surface area contributed by atoms with Crippen LogP contribution in [0.1, 0.15) is 23.2 Å². The number of rotatable bonds is 2. The summed E-state index contributed by atoms with van der Waals surface area (Å²) in [6, 6.07) is 5.01. The quantitative estimate of drug-likeness (QED) is 0.764. The summed E-state index contributed by atoms with van der Waals surface area (Å²) in [5.41, 5.74) is 6.71. The van der Waals surface area contributed by atoms with E-state index in [0.29, 0.717) is 30.1 Å². The van der Waals surface area contributed by atoms with E-state index in [2.05, 4.69) is 0 Å². The Hall–Kier alpha value is -1.75. The van der Waals surface area contributed by atoms with Crippen LogP contribution < -0.4 is 10.5 Å². The van der Waals surface area contributed by atoms with Gasteiger partial charge >= 0.3 is 0 Å². The summed E-state index contributed by atoms with van der Waals surface area (Å²) in [7, 11) is 1.55. The minimum atomic E-state index is -0.429. The van der Waals surface area contributed by atoms with Crippen LogP contribution in [-0.2, 0) is 0 Å². The van der Waals surface area contributed by atoms with Crippen molar-refractivity contribution in [3.8, 4) is 5.75 Å². The molecule has 1 aromatic rings. The first-order valence-electron chi connectivity index (χ1n) is 6.02. The Morgan fingerprint density at radius 1 is 1.56 bits per heavy atom. The maximum atomic E-state index is 12.3. The highest BCUT2D eigenvalue weighted by Gasteiger charge is 2.24. The van der Waals surface area contributed by atoms with Crippen molar-refractivity contribution < 1.29 is 14.6 Å². The van der Waals surface area contributed by atoms with E-state index in [4.69, 9.17) is 10.5 Å². The number of aliphatic hydroxyl groups is 1. The number of nitrogen functional groups attached to an aromatic ring is 1. The maximum Gasteiger partial charge on any atom is 0.256 e. The molecule has 3 N–H and O–H groups in total. The van der Waals surface area contributed by atoms with E-state index in [1.165, 1.54) is 0 Å². The van der Waals surface area contributed by atoms with Crippen LogP contribution >= 0.6 is 0 Å². The van der Waals surface area contributed by atoms with E-state index >= 15 is 0 Å². The fourth-order valence-electron chi connectivity index (χ4n) is 2.17. The first kappa shape index (κ1) is 12.7. The molecule has 0 aromatic heterocycles. The molecule has 0 radical (unpaired) electrons. The van der Waals surface area contributed by atoms with Gasteiger partial charge in [-0.25, -0.2) is 0 Å². The molecule has 98 valence electrons. The number of nitrogens with two attached hydrogens (primary N) is 1. The van der Waals surface area contributed by atoms with Gasteiger partial charge in [0, 0.05) is 24.8 Å². The Kier molecular flexibility index (Phi) is 3.72. The molecule has 2 rings (SSSR count). The fourth-order valence-corrected chi connectivity index (χ4v) is 2.17. The molecule has 1 unspecified atom stereocenters. The fraction of sp³-hybridized carbons (Fsp3) is 0.462. The molecule has 5 nitrogen and oxygen atoms in total. The van der Waals surface area contributed by atoms with Gasteiger partial charge in [-0.3, -0.25) is 4.79 Å². The van der Waals surface area contributed by atoms with Gasteiger partial charge in [0.05, 0.1) is 18.8 Å². The van der Waals surface area contributed by atoms with Crippen LogP contribution in [0.4, 0.5) is 5.69 Å². The molecule has 1 amide bonds. The third kappa shape index (κ3) is 2.56. The second-order valence-electron chi connectivity index (χ2n) is 4.50. The number of piperidine rings is 1. The minimum Gasteiger partial charge on any atom is -0.497 e.